The van der Waals surface area contributed by atoms with Crippen molar-refractivity contribution in [1.29, 1.82) is 5.26 Å². The highest BCUT2D eigenvalue weighted by Gasteiger charge is 2.05. The molecule has 0 saturated heterocycles. The minimum Gasteiger partial charge on any atom is -0.380 e. The van der Waals surface area contributed by atoms with Crippen LogP contribution in [0.25, 0.3) is 0 Å². The van der Waals surface area contributed by atoms with Crippen LogP contribution < -0.4 is 5.32 Å². The van der Waals surface area contributed by atoms with Gasteiger partial charge in [-0.15, -0.1) is 0 Å². The molecule has 0 amide bonds. The molecule has 90 valence electrons. The SMILES string of the molecule is N#Cc1ncccc1CNc1cccc(Cl)c1Br. The van der Waals surface area contributed by atoms with E-state index in [9.17, 15) is 0 Å². The van der Waals surface area contributed by atoms with Crippen molar-refractivity contribution in [1.82, 2.24) is 4.98 Å². The quantitative estimate of drug-likeness (QED) is 0.930. The van der Waals surface area contributed by atoms with Crippen molar-refractivity contribution in [3.8, 4) is 6.07 Å². The predicted molar refractivity (Wildman–Crippen MR) is 75.4 cm³/mol. The smallest absolute Gasteiger partial charge is 0.145 e. The Morgan fingerprint density at radius 3 is 2.94 bits per heavy atom. The Bertz CT molecular complexity index is 607. The largest absolute Gasteiger partial charge is 0.380 e. The van der Waals surface area contributed by atoms with Gasteiger partial charge in [0.25, 0.3) is 0 Å². The third-order valence-electron chi connectivity index (χ3n) is 2.42. The molecule has 1 N–H and O–H groups in total. The van der Waals surface area contributed by atoms with E-state index >= 15 is 0 Å². The maximum atomic E-state index is 8.94. The third kappa shape index (κ3) is 2.81. The summed E-state index contributed by atoms with van der Waals surface area (Å²) in [6, 6.07) is 11.3. The van der Waals surface area contributed by atoms with Crippen LogP contribution in [0.15, 0.2) is 41.0 Å². The van der Waals surface area contributed by atoms with Crippen LogP contribution >= 0.6 is 27.5 Å². The van der Waals surface area contributed by atoms with E-state index in [1.807, 2.05) is 30.3 Å². The first kappa shape index (κ1) is 12.9. The topological polar surface area (TPSA) is 48.7 Å². The number of halogens is 2. The molecular weight excluding hydrogens is 314 g/mol. The van der Waals surface area contributed by atoms with Crippen molar-refractivity contribution in [2.75, 3.05) is 5.32 Å². The van der Waals surface area contributed by atoms with Gasteiger partial charge in [0.05, 0.1) is 15.2 Å². The molecule has 0 aliphatic carbocycles. The number of rotatable bonds is 3. The molecule has 0 saturated carbocycles. The zero-order valence-electron chi connectivity index (χ0n) is 9.32. The number of pyridine rings is 1. The van der Waals surface area contributed by atoms with Gasteiger partial charge in [0.15, 0.2) is 0 Å². The Labute approximate surface area is 119 Å². The van der Waals surface area contributed by atoms with Crippen molar-refractivity contribution in [3.05, 3.63) is 57.3 Å². The molecule has 0 aliphatic heterocycles. The summed E-state index contributed by atoms with van der Waals surface area (Å²) in [4.78, 5) is 4.01. The molecule has 1 aromatic heterocycles. The second kappa shape index (κ2) is 5.85. The summed E-state index contributed by atoms with van der Waals surface area (Å²) in [5.41, 5.74) is 2.17. The Morgan fingerprint density at radius 2 is 2.17 bits per heavy atom. The van der Waals surface area contributed by atoms with E-state index in [2.05, 4.69) is 32.3 Å². The molecule has 18 heavy (non-hydrogen) atoms. The highest BCUT2D eigenvalue weighted by Crippen LogP contribution is 2.30. The molecule has 0 unspecified atom stereocenters. The van der Waals surface area contributed by atoms with Crippen molar-refractivity contribution in [3.63, 3.8) is 0 Å². The van der Waals surface area contributed by atoms with Gasteiger partial charge < -0.3 is 5.32 Å². The molecule has 2 aromatic rings. The molecule has 0 spiro atoms. The minimum absolute atomic E-state index is 0.433. The number of benzene rings is 1. The summed E-state index contributed by atoms with van der Waals surface area (Å²) in [5.74, 6) is 0. The zero-order valence-corrected chi connectivity index (χ0v) is 11.7. The van der Waals surface area contributed by atoms with Crippen LogP contribution in [0.3, 0.4) is 0 Å². The van der Waals surface area contributed by atoms with Gasteiger partial charge in [-0.3, -0.25) is 0 Å². The normalized spacial score (nSPS) is 9.83. The van der Waals surface area contributed by atoms with E-state index in [0.717, 1.165) is 15.7 Å². The molecule has 0 fully saturated rings. The average Bonchev–Trinajstić information content (AvgIpc) is 2.41. The maximum Gasteiger partial charge on any atom is 0.145 e. The summed E-state index contributed by atoms with van der Waals surface area (Å²) < 4.78 is 0.814. The van der Waals surface area contributed by atoms with Crippen molar-refractivity contribution >= 4 is 33.2 Å². The molecule has 1 aromatic carbocycles. The van der Waals surface area contributed by atoms with Gasteiger partial charge in [-0.1, -0.05) is 23.7 Å². The maximum absolute atomic E-state index is 8.94. The van der Waals surface area contributed by atoms with Crippen molar-refractivity contribution in [2.24, 2.45) is 0 Å². The number of hydrogen-bond donors (Lipinski definition) is 1. The van der Waals surface area contributed by atoms with Gasteiger partial charge in [0.1, 0.15) is 11.8 Å². The fourth-order valence-corrected chi connectivity index (χ4v) is 2.09. The Hall–Kier alpha value is -1.57. The van der Waals surface area contributed by atoms with Crippen LogP contribution in [-0.4, -0.2) is 4.98 Å². The molecule has 1 heterocycles. The van der Waals surface area contributed by atoms with Crippen molar-refractivity contribution < 1.29 is 0 Å². The first-order chi connectivity index (χ1) is 8.72. The molecule has 0 bridgehead atoms. The van der Waals surface area contributed by atoms with E-state index in [1.54, 1.807) is 6.20 Å². The van der Waals surface area contributed by atoms with Crippen LogP contribution in [-0.2, 0) is 6.54 Å². The van der Waals surface area contributed by atoms with E-state index < -0.39 is 0 Å². The van der Waals surface area contributed by atoms with Crippen LogP contribution in [0.2, 0.25) is 5.02 Å². The first-order valence-corrected chi connectivity index (χ1v) is 6.41. The van der Waals surface area contributed by atoms with Crippen LogP contribution in [0.4, 0.5) is 5.69 Å². The highest BCUT2D eigenvalue weighted by atomic mass is 79.9. The summed E-state index contributed by atoms with van der Waals surface area (Å²) in [7, 11) is 0. The van der Waals surface area contributed by atoms with Gasteiger partial charge in [-0.05, 0) is 34.1 Å². The standard InChI is InChI=1S/C13H9BrClN3/c14-13-10(15)4-1-5-11(13)18-8-9-3-2-6-17-12(9)7-16/h1-6,18H,8H2. The molecule has 3 nitrogen and oxygen atoms in total. The average molecular weight is 323 g/mol. The predicted octanol–water partition coefficient (Wildman–Crippen LogP) is 3.98. The molecule has 2 rings (SSSR count). The lowest BCUT2D eigenvalue weighted by atomic mass is 10.2. The van der Waals surface area contributed by atoms with Gasteiger partial charge in [0, 0.05) is 18.3 Å². The molecule has 0 atom stereocenters. The summed E-state index contributed by atoms with van der Waals surface area (Å²) in [6.45, 7) is 0.523. The van der Waals surface area contributed by atoms with Crippen molar-refractivity contribution in [2.45, 2.75) is 6.54 Å². The minimum atomic E-state index is 0.433. The number of anilines is 1. The Morgan fingerprint density at radius 1 is 1.33 bits per heavy atom. The number of aromatic nitrogens is 1. The fraction of sp³-hybridized carbons (Fsp3) is 0.0769. The summed E-state index contributed by atoms with van der Waals surface area (Å²) >= 11 is 9.42. The molecule has 5 heteroatoms. The highest BCUT2D eigenvalue weighted by molar-refractivity contribution is 9.10. The number of nitriles is 1. The number of hydrogen-bond acceptors (Lipinski definition) is 3. The van der Waals surface area contributed by atoms with E-state index in [-0.39, 0.29) is 0 Å². The first-order valence-electron chi connectivity index (χ1n) is 5.24. The summed E-state index contributed by atoms with van der Waals surface area (Å²) in [5, 5.41) is 12.8. The monoisotopic (exact) mass is 321 g/mol. The second-order valence-electron chi connectivity index (χ2n) is 3.58. The van der Waals surface area contributed by atoms with Crippen LogP contribution in [0.1, 0.15) is 11.3 Å². The lowest BCUT2D eigenvalue weighted by Gasteiger charge is -2.10. The zero-order chi connectivity index (χ0) is 13.0. The van der Waals surface area contributed by atoms with Gasteiger partial charge >= 0.3 is 0 Å². The van der Waals surface area contributed by atoms with Gasteiger partial charge in [0.2, 0.25) is 0 Å². The molecule has 0 aliphatic rings. The summed E-state index contributed by atoms with van der Waals surface area (Å²) in [6.07, 6.45) is 1.61. The fourth-order valence-electron chi connectivity index (χ4n) is 1.51. The van der Waals surface area contributed by atoms with Gasteiger partial charge in [-0.25, -0.2) is 4.98 Å². The Kier molecular flexibility index (Phi) is 4.19. The van der Waals surface area contributed by atoms with E-state index in [4.69, 9.17) is 16.9 Å². The van der Waals surface area contributed by atoms with Crippen LogP contribution in [0, 0.1) is 11.3 Å². The van der Waals surface area contributed by atoms with E-state index in [1.165, 1.54) is 0 Å². The second-order valence-corrected chi connectivity index (χ2v) is 4.78. The lowest BCUT2D eigenvalue weighted by molar-refractivity contribution is 1.09. The molecule has 0 radical (unpaired) electrons. The number of nitrogens with zero attached hydrogens (tertiary/aromatic N) is 2. The van der Waals surface area contributed by atoms with Gasteiger partial charge in [-0.2, -0.15) is 5.26 Å². The Balaban J connectivity index is 2.17. The molecular formula is C13H9BrClN3. The lowest BCUT2D eigenvalue weighted by Crippen LogP contribution is -2.03. The number of nitrogens with one attached hydrogen (secondary N) is 1. The van der Waals surface area contributed by atoms with Crippen LogP contribution in [0.5, 0.6) is 0 Å². The van der Waals surface area contributed by atoms with E-state index in [0.29, 0.717) is 17.3 Å². The third-order valence-corrected chi connectivity index (χ3v) is 3.82.